The summed E-state index contributed by atoms with van der Waals surface area (Å²) in [6.45, 7) is -1.10. The van der Waals surface area contributed by atoms with Crippen LogP contribution >= 0.6 is 0 Å². The van der Waals surface area contributed by atoms with Gasteiger partial charge in [-0.3, -0.25) is 4.68 Å². The first kappa shape index (κ1) is 12.8. The molecule has 2 rings (SSSR count). The first-order valence-corrected chi connectivity index (χ1v) is 5.75. The molecule has 0 atom stereocenters. The summed E-state index contributed by atoms with van der Waals surface area (Å²) in [6, 6.07) is 4.85. The van der Waals surface area contributed by atoms with Crippen LogP contribution in [0.25, 0.3) is 10.9 Å². The standard InChI is InChI=1S/C12H15F2N3O/c1-15-5-2-6-17-11-4-3-10(18-12(13)14)7-9(11)8-16-17/h3-4,7-8,12,15H,2,5-6H2,1H3. The molecular weight excluding hydrogens is 240 g/mol. The lowest BCUT2D eigenvalue weighted by Gasteiger charge is -2.05. The number of aromatic nitrogens is 2. The van der Waals surface area contributed by atoms with Gasteiger partial charge in [-0.1, -0.05) is 0 Å². The zero-order valence-electron chi connectivity index (χ0n) is 10.1. The van der Waals surface area contributed by atoms with Crippen LogP contribution in [0.4, 0.5) is 8.78 Å². The Labute approximate surface area is 104 Å². The Hall–Kier alpha value is -1.69. The van der Waals surface area contributed by atoms with Crippen LogP contribution in [0.5, 0.6) is 5.75 Å². The lowest BCUT2D eigenvalue weighted by molar-refractivity contribution is -0.0497. The largest absolute Gasteiger partial charge is 0.435 e. The average Bonchev–Trinajstić information content (AvgIpc) is 2.71. The quantitative estimate of drug-likeness (QED) is 0.805. The van der Waals surface area contributed by atoms with E-state index in [0.717, 1.165) is 30.4 Å². The lowest BCUT2D eigenvalue weighted by atomic mass is 10.2. The van der Waals surface area contributed by atoms with Crippen LogP contribution in [-0.4, -0.2) is 30.0 Å². The SMILES string of the molecule is CNCCCn1ncc2cc(OC(F)F)ccc21. The van der Waals surface area contributed by atoms with Gasteiger partial charge in [-0.25, -0.2) is 0 Å². The minimum Gasteiger partial charge on any atom is -0.435 e. The van der Waals surface area contributed by atoms with Crippen molar-refractivity contribution in [1.29, 1.82) is 0 Å². The zero-order chi connectivity index (χ0) is 13.0. The van der Waals surface area contributed by atoms with Gasteiger partial charge in [-0.15, -0.1) is 0 Å². The minimum absolute atomic E-state index is 0.160. The second-order valence-corrected chi connectivity index (χ2v) is 3.92. The monoisotopic (exact) mass is 255 g/mol. The molecule has 18 heavy (non-hydrogen) atoms. The maximum Gasteiger partial charge on any atom is 0.387 e. The van der Waals surface area contributed by atoms with Gasteiger partial charge >= 0.3 is 6.61 Å². The van der Waals surface area contributed by atoms with Gasteiger partial charge in [-0.05, 0) is 38.2 Å². The normalized spacial score (nSPS) is 11.3. The molecular formula is C12H15F2N3O. The van der Waals surface area contributed by atoms with E-state index < -0.39 is 6.61 Å². The van der Waals surface area contributed by atoms with Crippen LogP contribution in [0.15, 0.2) is 24.4 Å². The molecule has 0 saturated carbocycles. The number of ether oxygens (including phenoxy) is 1. The third-order valence-electron chi connectivity index (χ3n) is 2.64. The number of benzene rings is 1. The molecule has 0 aliphatic rings. The summed E-state index contributed by atoms with van der Waals surface area (Å²) in [5.74, 6) is 0.160. The van der Waals surface area contributed by atoms with Gasteiger partial charge in [0.05, 0.1) is 11.7 Å². The van der Waals surface area contributed by atoms with Gasteiger partial charge in [0.1, 0.15) is 5.75 Å². The topological polar surface area (TPSA) is 39.1 Å². The fourth-order valence-electron chi connectivity index (χ4n) is 1.83. The molecule has 0 aliphatic heterocycles. The smallest absolute Gasteiger partial charge is 0.387 e. The molecule has 1 N–H and O–H groups in total. The molecule has 0 amide bonds. The Morgan fingerprint density at radius 2 is 2.28 bits per heavy atom. The van der Waals surface area contributed by atoms with Crippen LogP contribution < -0.4 is 10.1 Å². The number of nitrogens with zero attached hydrogens (tertiary/aromatic N) is 2. The van der Waals surface area contributed by atoms with E-state index in [1.807, 2.05) is 11.7 Å². The highest BCUT2D eigenvalue weighted by Crippen LogP contribution is 2.22. The number of hydrogen-bond acceptors (Lipinski definition) is 3. The van der Waals surface area contributed by atoms with Gasteiger partial charge in [-0.2, -0.15) is 13.9 Å². The molecule has 1 aromatic carbocycles. The second kappa shape index (κ2) is 5.77. The number of alkyl halides is 2. The van der Waals surface area contributed by atoms with Crippen LogP contribution in [0.1, 0.15) is 6.42 Å². The highest BCUT2D eigenvalue weighted by Gasteiger charge is 2.07. The molecule has 0 unspecified atom stereocenters. The highest BCUT2D eigenvalue weighted by atomic mass is 19.3. The van der Waals surface area contributed by atoms with Gasteiger partial charge in [0.25, 0.3) is 0 Å². The van der Waals surface area contributed by atoms with Crippen molar-refractivity contribution in [3.05, 3.63) is 24.4 Å². The number of nitrogens with one attached hydrogen (secondary N) is 1. The highest BCUT2D eigenvalue weighted by molar-refractivity contribution is 5.80. The average molecular weight is 255 g/mol. The predicted molar refractivity (Wildman–Crippen MR) is 64.9 cm³/mol. The molecule has 1 heterocycles. The van der Waals surface area contributed by atoms with E-state index >= 15 is 0 Å². The van der Waals surface area contributed by atoms with Crippen molar-refractivity contribution in [3.63, 3.8) is 0 Å². The van der Waals surface area contributed by atoms with E-state index in [-0.39, 0.29) is 5.75 Å². The molecule has 0 bridgehead atoms. The Morgan fingerprint density at radius 3 is 3.00 bits per heavy atom. The number of hydrogen-bond donors (Lipinski definition) is 1. The number of halogens is 2. The van der Waals surface area contributed by atoms with E-state index in [9.17, 15) is 8.78 Å². The predicted octanol–water partition coefficient (Wildman–Crippen LogP) is 2.25. The van der Waals surface area contributed by atoms with Crippen LogP contribution in [0.2, 0.25) is 0 Å². The van der Waals surface area contributed by atoms with Crippen LogP contribution in [0, 0.1) is 0 Å². The molecule has 6 heteroatoms. The third kappa shape index (κ3) is 2.95. The summed E-state index contributed by atoms with van der Waals surface area (Å²) in [7, 11) is 1.90. The molecule has 1 aromatic heterocycles. The van der Waals surface area contributed by atoms with Crippen molar-refractivity contribution in [3.8, 4) is 5.75 Å². The van der Waals surface area contributed by atoms with Crippen LogP contribution in [0.3, 0.4) is 0 Å². The lowest BCUT2D eigenvalue weighted by Crippen LogP contribution is -2.11. The van der Waals surface area contributed by atoms with Gasteiger partial charge in [0.2, 0.25) is 0 Å². The van der Waals surface area contributed by atoms with E-state index in [4.69, 9.17) is 0 Å². The molecule has 0 aliphatic carbocycles. The van der Waals surface area contributed by atoms with Gasteiger partial charge < -0.3 is 10.1 Å². The molecule has 98 valence electrons. The van der Waals surface area contributed by atoms with Crippen molar-refractivity contribution in [2.45, 2.75) is 19.6 Å². The first-order chi connectivity index (χ1) is 8.70. The molecule has 0 radical (unpaired) electrons. The number of aryl methyl sites for hydroxylation is 1. The maximum atomic E-state index is 12.1. The molecule has 0 fully saturated rings. The Kier molecular flexibility index (Phi) is 4.09. The van der Waals surface area contributed by atoms with Gasteiger partial charge in [0.15, 0.2) is 0 Å². The minimum atomic E-state index is -2.80. The van der Waals surface area contributed by atoms with E-state index in [1.54, 1.807) is 18.3 Å². The van der Waals surface area contributed by atoms with Crippen molar-refractivity contribution < 1.29 is 13.5 Å². The van der Waals surface area contributed by atoms with E-state index in [1.165, 1.54) is 6.07 Å². The fourth-order valence-corrected chi connectivity index (χ4v) is 1.83. The maximum absolute atomic E-state index is 12.1. The van der Waals surface area contributed by atoms with Crippen molar-refractivity contribution in [2.24, 2.45) is 0 Å². The van der Waals surface area contributed by atoms with Crippen molar-refractivity contribution in [1.82, 2.24) is 15.1 Å². The third-order valence-corrected chi connectivity index (χ3v) is 2.64. The fraction of sp³-hybridized carbons (Fsp3) is 0.417. The van der Waals surface area contributed by atoms with Crippen LogP contribution in [-0.2, 0) is 6.54 Å². The van der Waals surface area contributed by atoms with E-state index in [0.29, 0.717) is 0 Å². The Bertz CT molecular complexity index is 513. The first-order valence-electron chi connectivity index (χ1n) is 5.75. The summed E-state index contributed by atoms with van der Waals surface area (Å²) in [5, 5.41) is 8.10. The van der Waals surface area contributed by atoms with E-state index in [2.05, 4.69) is 15.2 Å². The van der Waals surface area contributed by atoms with Crippen molar-refractivity contribution >= 4 is 10.9 Å². The summed E-state index contributed by atoms with van der Waals surface area (Å²) < 4.78 is 30.4. The number of fused-ring (bicyclic) bond motifs is 1. The summed E-state index contributed by atoms with van der Waals surface area (Å²) in [4.78, 5) is 0. The molecule has 4 nitrogen and oxygen atoms in total. The summed E-state index contributed by atoms with van der Waals surface area (Å²) in [6.07, 6.45) is 2.62. The molecule has 2 aromatic rings. The summed E-state index contributed by atoms with van der Waals surface area (Å²) in [5.41, 5.74) is 0.924. The zero-order valence-corrected chi connectivity index (χ0v) is 10.1. The summed E-state index contributed by atoms with van der Waals surface area (Å²) >= 11 is 0. The van der Waals surface area contributed by atoms with Crippen molar-refractivity contribution in [2.75, 3.05) is 13.6 Å². The Morgan fingerprint density at radius 1 is 1.44 bits per heavy atom. The molecule has 0 saturated heterocycles. The van der Waals surface area contributed by atoms with Gasteiger partial charge in [0, 0.05) is 11.9 Å². The molecule has 0 spiro atoms. The number of rotatable bonds is 6. The second-order valence-electron chi connectivity index (χ2n) is 3.92. The Balaban J connectivity index is 2.15.